The third-order valence-corrected chi connectivity index (χ3v) is 3.05. The molecule has 0 spiro atoms. The number of ketones is 1. The molecular weight excluding hydrogens is 269 g/mol. The highest BCUT2D eigenvalue weighted by Gasteiger charge is 2.09. The highest BCUT2D eigenvalue weighted by Crippen LogP contribution is 2.20. The van der Waals surface area contributed by atoms with E-state index in [0.29, 0.717) is 17.5 Å². The van der Waals surface area contributed by atoms with Crippen LogP contribution in [0.2, 0.25) is 0 Å². The number of carbonyl (C=O) groups is 1. The number of hydrogen-bond donors (Lipinski definition) is 0. The number of carbonyl (C=O) groups excluding carboxylic acids is 1. The number of hydrogen-bond acceptors (Lipinski definition) is 3. The zero-order chi connectivity index (χ0) is 15.2. The summed E-state index contributed by atoms with van der Waals surface area (Å²) >= 11 is 0. The van der Waals surface area contributed by atoms with Crippen LogP contribution in [0, 0.1) is 17.1 Å². The van der Waals surface area contributed by atoms with Gasteiger partial charge in [0.05, 0.1) is 11.6 Å². The van der Waals surface area contributed by atoms with Crippen LogP contribution in [0.25, 0.3) is 0 Å². The average Bonchev–Trinajstić information content (AvgIpc) is 2.53. The molecule has 0 N–H and O–H groups in total. The standard InChI is InChI=1S/C17H14FNO2/c1-2-16(20)14-7-8-17(15(18)9-14)21-11-13-5-3-12(10-19)4-6-13/h3-9H,2,11H2,1H3. The van der Waals surface area contributed by atoms with E-state index in [1.165, 1.54) is 12.1 Å². The molecule has 3 nitrogen and oxygen atoms in total. The predicted octanol–water partition coefficient (Wildman–Crippen LogP) is 3.87. The van der Waals surface area contributed by atoms with Gasteiger partial charge in [0.1, 0.15) is 6.61 Å². The van der Waals surface area contributed by atoms with Crippen molar-refractivity contribution in [2.45, 2.75) is 20.0 Å². The van der Waals surface area contributed by atoms with E-state index in [1.54, 1.807) is 37.3 Å². The van der Waals surface area contributed by atoms with Gasteiger partial charge in [-0.05, 0) is 35.9 Å². The molecule has 0 aromatic heterocycles. The van der Waals surface area contributed by atoms with Crippen molar-refractivity contribution in [2.75, 3.05) is 0 Å². The van der Waals surface area contributed by atoms with Crippen molar-refractivity contribution in [1.29, 1.82) is 5.26 Å². The van der Waals surface area contributed by atoms with Crippen LogP contribution in [0.15, 0.2) is 42.5 Å². The van der Waals surface area contributed by atoms with E-state index < -0.39 is 5.82 Å². The molecule has 21 heavy (non-hydrogen) atoms. The predicted molar refractivity (Wildman–Crippen MR) is 76.5 cm³/mol. The van der Waals surface area contributed by atoms with E-state index in [9.17, 15) is 9.18 Å². The van der Waals surface area contributed by atoms with Crippen molar-refractivity contribution < 1.29 is 13.9 Å². The topological polar surface area (TPSA) is 50.1 Å². The van der Waals surface area contributed by atoms with Crippen molar-refractivity contribution >= 4 is 5.78 Å². The Kier molecular flexibility index (Phi) is 4.68. The number of rotatable bonds is 5. The van der Waals surface area contributed by atoms with Gasteiger partial charge in [-0.25, -0.2) is 4.39 Å². The number of halogens is 1. The zero-order valence-electron chi connectivity index (χ0n) is 11.6. The van der Waals surface area contributed by atoms with Gasteiger partial charge < -0.3 is 4.74 Å². The molecule has 0 unspecified atom stereocenters. The summed E-state index contributed by atoms with van der Waals surface area (Å²) in [6.45, 7) is 1.93. The molecule has 0 aliphatic carbocycles. The lowest BCUT2D eigenvalue weighted by atomic mass is 10.1. The zero-order valence-corrected chi connectivity index (χ0v) is 11.6. The smallest absolute Gasteiger partial charge is 0.165 e. The number of nitrogens with zero attached hydrogens (tertiary/aromatic N) is 1. The highest BCUT2D eigenvalue weighted by atomic mass is 19.1. The van der Waals surface area contributed by atoms with Crippen molar-refractivity contribution in [2.24, 2.45) is 0 Å². The monoisotopic (exact) mass is 283 g/mol. The molecule has 2 rings (SSSR count). The molecule has 2 aromatic carbocycles. The molecule has 0 saturated carbocycles. The fourth-order valence-corrected chi connectivity index (χ4v) is 1.83. The van der Waals surface area contributed by atoms with Crippen LogP contribution in [0.3, 0.4) is 0 Å². The van der Waals surface area contributed by atoms with E-state index in [2.05, 4.69) is 0 Å². The second-order valence-corrected chi connectivity index (χ2v) is 4.52. The molecule has 4 heteroatoms. The Morgan fingerprint density at radius 1 is 1.24 bits per heavy atom. The second kappa shape index (κ2) is 6.67. The summed E-state index contributed by atoms with van der Waals surface area (Å²) in [6, 6.07) is 13.1. The van der Waals surface area contributed by atoms with E-state index in [1.807, 2.05) is 6.07 Å². The minimum Gasteiger partial charge on any atom is -0.486 e. The molecule has 0 aliphatic heterocycles. The van der Waals surface area contributed by atoms with Crippen molar-refractivity contribution in [1.82, 2.24) is 0 Å². The van der Waals surface area contributed by atoms with E-state index in [4.69, 9.17) is 10.00 Å². The average molecular weight is 283 g/mol. The van der Waals surface area contributed by atoms with Crippen molar-refractivity contribution in [3.8, 4) is 11.8 Å². The normalized spacial score (nSPS) is 9.95. The second-order valence-electron chi connectivity index (χ2n) is 4.52. The van der Waals surface area contributed by atoms with Gasteiger partial charge in [-0.2, -0.15) is 5.26 Å². The Hall–Kier alpha value is -2.67. The molecule has 106 valence electrons. The van der Waals surface area contributed by atoms with E-state index in [0.717, 1.165) is 5.56 Å². The van der Waals surface area contributed by atoms with Crippen LogP contribution in [0.5, 0.6) is 5.75 Å². The maximum Gasteiger partial charge on any atom is 0.165 e. The van der Waals surface area contributed by atoms with Gasteiger partial charge in [0.15, 0.2) is 17.3 Å². The fourth-order valence-electron chi connectivity index (χ4n) is 1.83. The Labute approximate surface area is 122 Å². The summed E-state index contributed by atoms with van der Waals surface area (Å²) in [7, 11) is 0. The first-order valence-corrected chi connectivity index (χ1v) is 6.58. The quantitative estimate of drug-likeness (QED) is 0.783. The van der Waals surface area contributed by atoms with Crippen LogP contribution in [0.4, 0.5) is 4.39 Å². The molecule has 0 atom stereocenters. The minimum absolute atomic E-state index is 0.104. The van der Waals surface area contributed by atoms with Crippen molar-refractivity contribution in [3.63, 3.8) is 0 Å². The number of nitriles is 1. The lowest BCUT2D eigenvalue weighted by Crippen LogP contribution is -2.01. The molecule has 0 fully saturated rings. The Bertz CT molecular complexity index is 687. The van der Waals surface area contributed by atoms with Crippen LogP contribution in [-0.4, -0.2) is 5.78 Å². The third kappa shape index (κ3) is 3.67. The van der Waals surface area contributed by atoms with Gasteiger partial charge in [-0.1, -0.05) is 19.1 Å². The Morgan fingerprint density at radius 3 is 2.52 bits per heavy atom. The summed E-state index contributed by atoms with van der Waals surface area (Å²) in [4.78, 5) is 11.5. The largest absolute Gasteiger partial charge is 0.486 e. The first-order valence-electron chi connectivity index (χ1n) is 6.58. The molecule has 0 heterocycles. The molecule has 0 bridgehead atoms. The van der Waals surface area contributed by atoms with Gasteiger partial charge in [0.2, 0.25) is 0 Å². The third-order valence-electron chi connectivity index (χ3n) is 3.05. The van der Waals surface area contributed by atoms with Crippen LogP contribution >= 0.6 is 0 Å². The van der Waals surface area contributed by atoms with Crippen LogP contribution in [0.1, 0.15) is 34.8 Å². The molecule has 0 amide bonds. The maximum absolute atomic E-state index is 13.8. The number of benzene rings is 2. The van der Waals surface area contributed by atoms with Crippen LogP contribution < -0.4 is 4.74 Å². The van der Waals surface area contributed by atoms with E-state index in [-0.39, 0.29) is 18.1 Å². The molecule has 0 radical (unpaired) electrons. The summed E-state index contributed by atoms with van der Waals surface area (Å²) in [5, 5.41) is 8.71. The number of ether oxygens (including phenoxy) is 1. The summed E-state index contributed by atoms with van der Waals surface area (Å²) in [6.07, 6.45) is 0.338. The fraction of sp³-hybridized carbons (Fsp3) is 0.176. The lowest BCUT2D eigenvalue weighted by molar-refractivity contribution is 0.0987. The SMILES string of the molecule is CCC(=O)c1ccc(OCc2ccc(C#N)cc2)c(F)c1. The summed E-state index contributed by atoms with van der Waals surface area (Å²) in [5.74, 6) is -0.553. The van der Waals surface area contributed by atoms with Crippen LogP contribution in [-0.2, 0) is 6.61 Å². The van der Waals surface area contributed by atoms with Gasteiger partial charge in [0.25, 0.3) is 0 Å². The first-order chi connectivity index (χ1) is 10.1. The minimum atomic E-state index is -0.553. The molecule has 0 saturated heterocycles. The summed E-state index contributed by atoms with van der Waals surface area (Å²) < 4.78 is 19.2. The van der Waals surface area contributed by atoms with Gasteiger partial charge in [0, 0.05) is 12.0 Å². The summed E-state index contributed by atoms with van der Waals surface area (Å²) in [5.41, 5.74) is 1.75. The lowest BCUT2D eigenvalue weighted by Gasteiger charge is -2.08. The van der Waals surface area contributed by atoms with Gasteiger partial charge in [-0.3, -0.25) is 4.79 Å². The Morgan fingerprint density at radius 2 is 1.95 bits per heavy atom. The molecule has 2 aromatic rings. The van der Waals surface area contributed by atoms with E-state index >= 15 is 0 Å². The molecule has 0 aliphatic rings. The first kappa shape index (κ1) is 14.7. The Balaban J connectivity index is 2.06. The highest BCUT2D eigenvalue weighted by molar-refractivity contribution is 5.95. The van der Waals surface area contributed by atoms with Gasteiger partial charge >= 0.3 is 0 Å². The van der Waals surface area contributed by atoms with Crippen molar-refractivity contribution in [3.05, 3.63) is 65.0 Å². The molecular formula is C17H14FNO2. The maximum atomic E-state index is 13.8. The van der Waals surface area contributed by atoms with Gasteiger partial charge in [-0.15, -0.1) is 0 Å². The number of Topliss-reactive ketones (excluding diaryl/α,β-unsaturated/α-hetero) is 1.